The molecular formula is C20H36O3Si2. The van der Waals surface area contributed by atoms with E-state index in [4.69, 9.17) is 9.16 Å². The molecule has 3 atom stereocenters. The molecule has 142 valence electrons. The Labute approximate surface area is 156 Å². The number of methoxy groups -OCH3 is 1. The molecule has 0 aliphatic heterocycles. The Balaban J connectivity index is 3.16. The van der Waals surface area contributed by atoms with Crippen LogP contribution in [-0.2, 0) is 14.0 Å². The maximum absolute atomic E-state index is 12.5. The van der Waals surface area contributed by atoms with Crippen molar-refractivity contribution < 1.29 is 14.0 Å². The molecule has 1 rings (SSSR count). The molecule has 0 unspecified atom stereocenters. The highest BCUT2D eigenvalue weighted by Crippen LogP contribution is 2.46. The van der Waals surface area contributed by atoms with Crippen LogP contribution in [0, 0.1) is 16.9 Å². The van der Waals surface area contributed by atoms with E-state index in [2.05, 4.69) is 78.0 Å². The van der Waals surface area contributed by atoms with Crippen molar-refractivity contribution in [3.63, 3.8) is 0 Å². The third-order valence-electron chi connectivity index (χ3n) is 5.27. The van der Waals surface area contributed by atoms with Crippen molar-refractivity contribution in [2.45, 2.75) is 84.1 Å². The largest absolute Gasteiger partial charge is 0.410 e. The molecule has 0 aromatic rings. The summed E-state index contributed by atoms with van der Waals surface area (Å²) in [5.41, 5.74) is 2.97. The second-order valence-electron chi connectivity index (χ2n) is 9.96. The van der Waals surface area contributed by atoms with Crippen LogP contribution in [0.15, 0.2) is 12.2 Å². The van der Waals surface area contributed by atoms with E-state index in [-0.39, 0.29) is 22.3 Å². The lowest BCUT2D eigenvalue weighted by atomic mass is 9.86. The molecule has 0 aromatic heterocycles. The minimum atomic E-state index is -2.02. The zero-order chi connectivity index (χ0) is 19.7. The second-order valence-corrected chi connectivity index (χ2v) is 19.5. The zero-order valence-electron chi connectivity index (χ0n) is 17.7. The molecule has 3 nitrogen and oxygen atoms in total. The Kier molecular flexibility index (Phi) is 6.72. The molecule has 0 bridgehead atoms. The lowest BCUT2D eigenvalue weighted by Crippen LogP contribution is -2.50. The first kappa shape index (κ1) is 22.4. The summed E-state index contributed by atoms with van der Waals surface area (Å²) >= 11 is 0. The fourth-order valence-corrected chi connectivity index (χ4v) is 4.58. The fraction of sp³-hybridized carbons (Fsp3) is 0.750. The van der Waals surface area contributed by atoms with Crippen molar-refractivity contribution in [2.75, 3.05) is 7.11 Å². The van der Waals surface area contributed by atoms with Gasteiger partial charge in [-0.2, -0.15) is 0 Å². The maximum atomic E-state index is 12.5. The monoisotopic (exact) mass is 380 g/mol. The highest BCUT2D eigenvalue weighted by Gasteiger charge is 2.53. The lowest BCUT2D eigenvalue weighted by molar-refractivity contribution is -0.128. The molecule has 25 heavy (non-hydrogen) atoms. The lowest BCUT2D eigenvalue weighted by Gasteiger charge is -2.42. The number of ether oxygens (including phenoxy) is 1. The summed E-state index contributed by atoms with van der Waals surface area (Å²) in [6.07, 6.45) is 3.67. The average molecular weight is 381 g/mol. The molecule has 1 aliphatic carbocycles. The molecule has 0 N–H and O–H groups in total. The van der Waals surface area contributed by atoms with Crippen LogP contribution in [0.2, 0.25) is 37.8 Å². The summed E-state index contributed by atoms with van der Waals surface area (Å²) in [5.74, 6) is 3.30. The van der Waals surface area contributed by atoms with Crippen molar-refractivity contribution in [3.05, 3.63) is 12.2 Å². The van der Waals surface area contributed by atoms with E-state index in [1.165, 1.54) is 0 Å². The van der Waals surface area contributed by atoms with Gasteiger partial charge in [0.2, 0.25) is 0 Å². The van der Waals surface area contributed by atoms with Crippen LogP contribution >= 0.6 is 0 Å². The molecule has 0 heterocycles. The van der Waals surface area contributed by atoms with Gasteiger partial charge in [-0.3, -0.25) is 4.79 Å². The minimum absolute atomic E-state index is 0.0825. The van der Waals surface area contributed by atoms with Crippen LogP contribution in [0.4, 0.5) is 0 Å². The van der Waals surface area contributed by atoms with Crippen LogP contribution in [0.1, 0.15) is 34.1 Å². The Morgan fingerprint density at radius 3 is 2.20 bits per heavy atom. The highest BCUT2D eigenvalue weighted by atomic mass is 28.4. The summed E-state index contributed by atoms with van der Waals surface area (Å²) in [4.78, 5) is 12.5. The van der Waals surface area contributed by atoms with E-state index in [0.29, 0.717) is 6.42 Å². The van der Waals surface area contributed by atoms with Crippen LogP contribution in [0.5, 0.6) is 0 Å². The van der Waals surface area contributed by atoms with Crippen LogP contribution < -0.4 is 0 Å². The number of carbonyl (C=O) groups excluding carboxylic acids is 1. The van der Waals surface area contributed by atoms with Gasteiger partial charge < -0.3 is 9.16 Å². The molecule has 0 spiro atoms. The molecule has 1 fully saturated rings. The first-order chi connectivity index (χ1) is 11.1. The van der Waals surface area contributed by atoms with E-state index in [1.807, 2.05) is 6.08 Å². The third-order valence-corrected chi connectivity index (χ3v) is 10.6. The van der Waals surface area contributed by atoms with Gasteiger partial charge in [-0.1, -0.05) is 59.3 Å². The van der Waals surface area contributed by atoms with Gasteiger partial charge in [0.05, 0.1) is 6.10 Å². The van der Waals surface area contributed by atoms with Crippen molar-refractivity contribution in [2.24, 2.45) is 5.41 Å². The number of carbonyl (C=O) groups is 1. The topological polar surface area (TPSA) is 35.5 Å². The SMILES string of the molecule is CO[C@H]1C(=O)C[C@@](C)(/C=C/C#C[Si](C)(C)C)[C@@H]1O[Si](C)(C)C(C)(C)C. The summed E-state index contributed by atoms with van der Waals surface area (Å²) in [7, 11) is -1.82. The molecule has 0 aromatic carbocycles. The molecule has 0 saturated heterocycles. The van der Waals surface area contributed by atoms with Crippen LogP contribution in [0.25, 0.3) is 0 Å². The van der Waals surface area contributed by atoms with Gasteiger partial charge in [-0.25, -0.2) is 0 Å². The minimum Gasteiger partial charge on any atom is -0.410 e. The summed E-state index contributed by atoms with van der Waals surface area (Å²) in [5, 5.41) is 0.0825. The fourth-order valence-electron chi connectivity index (χ4n) is 2.68. The molecule has 1 saturated carbocycles. The number of hydrogen-bond donors (Lipinski definition) is 0. The first-order valence-corrected chi connectivity index (χ1v) is 15.5. The van der Waals surface area contributed by atoms with Crippen molar-refractivity contribution in [1.82, 2.24) is 0 Å². The Morgan fingerprint density at radius 2 is 1.76 bits per heavy atom. The van der Waals surface area contributed by atoms with Gasteiger partial charge in [0.15, 0.2) is 14.1 Å². The van der Waals surface area contributed by atoms with Crippen molar-refractivity contribution in [3.8, 4) is 11.5 Å². The average Bonchev–Trinajstić information content (AvgIpc) is 2.63. The molecular weight excluding hydrogens is 344 g/mol. The number of rotatable bonds is 4. The van der Waals surface area contributed by atoms with Gasteiger partial charge in [0, 0.05) is 18.9 Å². The molecule has 1 aliphatic rings. The number of ketones is 1. The van der Waals surface area contributed by atoms with Gasteiger partial charge in [0.25, 0.3) is 0 Å². The quantitative estimate of drug-likeness (QED) is 0.519. The first-order valence-electron chi connectivity index (χ1n) is 9.07. The smallest absolute Gasteiger partial charge is 0.192 e. The summed E-state index contributed by atoms with van der Waals surface area (Å²) in [6, 6.07) is 0. The van der Waals surface area contributed by atoms with Crippen molar-refractivity contribution in [1.29, 1.82) is 0 Å². The predicted molar refractivity (Wildman–Crippen MR) is 111 cm³/mol. The molecule has 0 amide bonds. The Hall–Kier alpha value is -0.676. The van der Waals surface area contributed by atoms with E-state index < -0.39 is 22.5 Å². The zero-order valence-corrected chi connectivity index (χ0v) is 19.7. The van der Waals surface area contributed by atoms with Crippen LogP contribution in [-0.4, -0.2) is 41.5 Å². The second kappa shape index (κ2) is 7.52. The predicted octanol–water partition coefficient (Wildman–Crippen LogP) is 4.81. The van der Waals surface area contributed by atoms with Crippen molar-refractivity contribution >= 4 is 22.2 Å². The normalized spacial score (nSPS) is 28.3. The van der Waals surface area contributed by atoms with E-state index in [9.17, 15) is 4.79 Å². The van der Waals surface area contributed by atoms with Gasteiger partial charge in [-0.15, -0.1) is 5.54 Å². The van der Waals surface area contributed by atoms with Gasteiger partial charge >= 0.3 is 0 Å². The number of allylic oxidation sites excluding steroid dienone is 1. The van der Waals surface area contributed by atoms with E-state index in [0.717, 1.165) is 0 Å². The molecule has 0 radical (unpaired) electrons. The van der Waals surface area contributed by atoms with E-state index in [1.54, 1.807) is 7.11 Å². The summed E-state index contributed by atoms with van der Waals surface area (Å²) in [6.45, 7) is 19.8. The Morgan fingerprint density at radius 1 is 1.20 bits per heavy atom. The van der Waals surface area contributed by atoms with Gasteiger partial charge in [0.1, 0.15) is 14.2 Å². The maximum Gasteiger partial charge on any atom is 0.192 e. The highest BCUT2D eigenvalue weighted by molar-refractivity contribution is 6.83. The number of Topliss-reactive ketones (excluding diaryl/α,β-unsaturated/α-hetero) is 1. The van der Waals surface area contributed by atoms with Gasteiger partial charge in [-0.05, 0) is 24.2 Å². The Bertz CT molecular complexity index is 585. The summed E-state index contributed by atoms with van der Waals surface area (Å²) < 4.78 is 12.2. The van der Waals surface area contributed by atoms with E-state index >= 15 is 0 Å². The number of hydrogen-bond acceptors (Lipinski definition) is 3. The molecule has 5 heteroatoms. The third kappa shape index (κ3) is 5.65. The standard InChI is InChI=1S/C20H36O3Si2/c1-19(2,3)25(9,10)23-18-17(22-5)16(21)15-20(18,4)13-11-12-14-24(6,7)8/h11,13,17-18H,15H2,1-10H3/b13-11+/t17-,18+,20+/m0/s1. The van der Waals surface area contributed by atoms with Crippen LogP contribution in [0.3, 0.4) is 0 Å².